The third kappa shape index (κ3) is 2.48. The summed E-state index contributed by atoms with van der Waals surface area (Å²) in [7, 11) is 0. The maximum Gasteiger partial charge on any atom is 0.289 e. The zero-order valence-electron chi connectivity index (χ0n) is 13.4. The van der Waals surface area contributed by atoms with Crippen molar-refractivity contribution < 1.29 is 19.3 Å². The van der Waals surface area contributed by atoms with Crippen LogP contribution < -0.4 is 5.32 Å². The molecule has 0 radical (unpaired) electrons. The number of nitro groups is 1. The Morgan fingerprint density at radius 1 is 1.23 bits per heavy atom. The van der Waals surface area contributed by atoms with E-state index in [1.165, 1.54) is 12.1 Å². The average molecular weight is 376 g/mol. The zero-order valence-corrected chi connectivity index (χ0v) is 14.2. The van der Waals surface area contributed by atoms with E-state index in [1.807, 2.05) is 12.2 Å². The van der Waals surface area contributed by atoms with Crippen molar-refractivity contribution in [2.45, 2.75) is 6.42 Å². The Labute approximate surface area is 152 Å². The predicted octanol–water partition coefficient (Wildman–Crippen LogP) is 1.99. The van der Waals surface area contributed by atoms with Crippen molar-refractivity contribution in [3.63, 3.8) is 0 Å². The molecule has 8 nitrogen and oxygen atoms in total. The number of nitrogens with zero attached hydrogens (tertiary/aromatic N) is 2. The molecule has 26 heavy (non-hydrogen) atoms. The highest BCUT2D eigenvalue weighted by Gasteiger charge is 2.59. The first-order valence-corrected chi connectivity index (χ1v) is 8.52. The van der Waals surface area contributed by atoms with Gasteiger partial charge in [-0.3, -0.25) is 29.4 Å². The minimum absolute atomic E-state index is 0.0475. The van der Waals surface area contributed by atoms with Gasteiger partial charge in [0.05, 0.1) is 16.8 Å². The van der Waals surface area contributed by atoms with Crippen molar-refractivity contribution in [1.29, 1.82) is 0 Å². The van der Waals surface area contributed by atoms with E-state index in [9.17, 15) is 24.5 Å². The van der Waals surface area contributed by atoms with Crippen LogP contribution in [0.25, 0.3) is 0 Å². The van der Waals surface area contributed by atoms with Gasteiger partial charge >= 0.3 is 0 Å². The lowest BCUT2D eigenvalue weighted by Crippen LogP contribution is -2.39. The number of fused-ring (bicyclic) bond motifs is 5. The normalized spacial score (nSPS) is 28.6. The van der Waals surface area contributed by atoms with Gasteiger partial charge in [0.1, 0.15) is 11.6 Å². The summed E-state index contributed by atoms with van der Waals surface area (Å²) in [6.45, 7) is -0.402. The molecule has 0 aromatic heterocycles. The van der Waals surface area contributed by atoms with Crippen LogP contribution in [0.15, 0.2) is 30.4 Å². The van der Waals surface area contributed by atoms with E-state index < -0.39 is 17.4 Å². The van der Waals surface area contributed by atoms with Crippen LogP contribution in [-0.2, 0) is 14.4 Å². The standard InChI is InChI=1S/C17H14ClN3O5/c18-11-4-3-10(6-12(11)21(25)26)19-13(22)7-20-16(23)14-8-1-2-9(5-8)15(14)17(20)24/h1-4,6,8-9,14-15H,5,7H2,(H,19,22)/t8-,9-,14-,15+/m0/s1. The van der Waals surface area contributed by atoms with Crippen molar-refractivity contribution in [3.05, 3.63) is 45.5 Å². The number of carbonyl (C=O) groups excluding carboxylic acids is 3. The smallest absolute Gasteiger partial charge is 0.289 e. The molecule has 4 atom stereocenters. The maximum atomic E-state index is 12.5. The molecule has 2 aliphatic carbocycles. The Morgan fingerprint density at radius 2 is 1.85 bits per heavy atom. The SMILES string of the molecule is O=C(CN1C(=O)[C@@H]2[C@H](C1=O)[C@H]1C=C[C@H]2C1)Nc1ccc(Cl)c([N+](=O)[O-])c1. The van der Waals surface area contributed by atoms with E-state index in [0.29, 0.717) is 0 Å². The summed E-state index contributed by atoms with van der Waals surface area (Å²) in [5.41, 5.74) is -0.165. The molecule has 0 spiro atoms. The molecule has 4 rings (SSSR count). The van der Waals surface area contributed by atoms with Gasteiger partial charge in [-0.15, -0.1) is 0 Å². The first-order valence-electron chi connectivity index (χ1n) is 8.14. The van der Waals surface area contributed by atoms with Crippen molar-refractivity contribution in [2.24, 2.45) is 23.7 Å². The molecule has 1 saturated heterocycles. The van der Waals surface area contributed by atoms with Crippen LogP contribution in [0.4, 0.5) is 11.4 Å². The van der Waals surface area contributed by atoms with Gasteiger partial charge in [-0.05, 0) is 30.4 Å². The minimum Gasteiger partial charge on any atom is -0.324 e. The second-order valence-corrected chi connectivity index (χ2v) is 7.14. The van der Waals surface area contributed by atoms with Gasteiger partial charge in [-0.2, -0.15) is 0 Å². The molecule has 3 amide bonds. The van der Waals surface area contributed by atoms with Gasteiger partial charge in [-0.25, -0.2) is 0 Å². The van der Waals surface area contributed by atoms with Crippen molar-refractivity contribution in [2.75, 3.05) is 11.9 Å². The summed E-state index contributed by atoms with van der Waals surface area (Å²) >= 11 is 5.73. The Balaban J connectivity index is 1.46. The highest BCUT2D eigenvalue weighted by Crippen LogP contribution is 2.52. The summed E-state index contributed by atoms with van der Waals surface area (Å²) in [5.74, 6) is -1.78. The molecule has 134 valence electrons. The highest BCUT2D eigenvalue weighted by molar-refractivity contribution is 6.32. The first kappa shape index (κ1) is 16.7. The van der Waals surface area contributed by atoms with Crippen molar-refractivity contribution in [1.82, 2.24) is 4.90 Å². The van der Waals surface area contributed by atoms with Crippen LogP contribution in [0.2, 0.25) is 5.02 Å². The van der Waals surface area contributed by atoms with Gasteiger partial charge in [-0.1, -0.05) is 23.8 Å². The maximum absolute atomic E-state index is 12.5. The molecule has 1 heterocycles. The van der Waals surface area contributed by atoms with E-state index in [-0.39, 0.29) is 51.9 Å². The molecule has 1 N–H and O–H groups in total. The molecule has 1 aliphatic heterocycles. The Hall–Kier alpha value is -2.74. The molecule has 1 saturated carbocycles. The lowest BCUT2D eigenvalue weighted by atomic mass is 9.85. The largest absolute Gasteiger partial charge is 0.324 e. The van der Waals surface area contributed by atoms with Crippen LogP contribution in [0, 0.1) is 33.8 Å². The van der Waals surface area contributed by atoms with Crippen molar-refractivity contribution in [3.8, 4) is 0 Å². The van der Waals surface area contributed by atoms with E-state index in [2.05, 4.69) is 5.32 Å². The molecule has 2 fully saturated rings. The monoisotopic (exact) mass is 375 g/mol. The number of nitro benzene ring substituents is 1. The molecule has 9 heteroatoms. The number of anilines is 1. The lowest BCUT2D eigenvalue weighted by Gasteiger charge is -2.16. The average Bonchev–Trinajstić information content (AvgIpc) is 3.26. The molecule has 1 aromatic carbocycles. The molecule has 1 aromatic rings. The quantitative estimate of drug-likeness (QED) is 0.374. The summed E-state index contributed by atoms with van der Waals surface area (Å²) in [5, 5.41) is 13.3. The van der Waals surface area contributed by atoms with Gasteiger partial charge in [0.25, 0.3) is 5.69 Å². The van der Waals surface area contributed by atoms with Crippen LogP contribution in [-0.4, -0.2) is 34.1 Å². The summed E-state index contributed by atoms with van der Waals surface area (Å²) < 4.78 is 0. The second kappa shape index (κ2) is 5.91. The fraction of sp³-hybridized carbons (Fsp3) is 0.353. The van der Waals surface area contributed by atoms with Crippen LogP contribution in [0.3, 0.4) is 0 Å². The first-order chi connectivity index (χ1) is 12.4. The Morgan fingerprint density at radius 3 is 2.42 bits per heavy atom. The molecular formula is C17H14ClN3O5. The van der Waals surface area contributed by atoms with E-state index in [1.54, 1.807) is 0 Å². The second-order valence-electron chi connectivity index (χ2n) is 6.73. The summed E-state index contributed by atoms with van der Waals surface area (Å²) in [6.07, 6.45) is 4.78. The molecular weight excluding hydrogens is 362 g/mol. The number of carbonyl (C=O) groups is 3. The Bertz CT molecular complexity index is 853. The van der Waals surface area contributed by atoms with Crippen LogP contribution >= 0.6 is 11.6 Å². The predicted molar refractivity (Wildman–Crippen MR) is 91.2 cm³/mol. The number of rotatable bonds is 4. The Kier molecular flexibility index (Phi) is 3.80. The number of imide groups is 1. The highest BCUT2D eigenvalue weighted by atomic mass is 35.5. The third-order valence-electron chi connectivity index (χ3n) is 5.29. The van der Waals surface area contributed by atoms with E-state index >= 15 is 0 Å². The van der Waals surface area contributed by atoms with Gasteiger partial charge in [0, 0.05) is 11.8 Å². The summed E-state index contributed by atoms with van der Waals surface area (Å²) in [6, 6.07) is 3.85. The number of hydrogen-bond donors (Lipinski definition) is 1. The molecule has 3 aliphatic rings. The number of hydrogen-bond acceptors (Lipinski definition) is 5. The number of benzene rings is 1. The number of nitrogens with one attached hydrogen (secondary N) is 1. The lowest BCUT2D eigenvalue weighted by molar-refractivity contribution is -0.384. The third-order valence-corrected chi connectivity index (χ3v) is 5.61. The summed E-state index contributed by atoms with van der Waals surface area (Å²) in [4.78, 5) is 48.6. The van der Waals surface area contributed by atoms with Crippen LogP contribution in [0.1, 0.15) is 6.42 Å². The van der Waals surface area contributed by atoms with Gasteiger partial charge < -0.3 is 5.32 Å². The number of amides is 3. The fourth-order valence-electron chi connectivity index (χ4n) is 4.19. The van der Waals surface area contributed by atoms with Gasteiger partial charge in [0.2, 0.25) is 17.7 Å². The molecule has 2 bridgehead atoms. The zero-order chi connectivity index (χ0) is 18.6. The number of halogens is 1. The number of likely N-dealkylation sites (tertiary alicyclic amines) is 1. The van der Waals surface area contributed by atoms with Gasteiger partial charge in [0.15, 0.2) is 0 Å². The van der Waals surface area contributed by atoms with Crippen molar-refractivity contribution >= 4 is 40.7 Å². The minimum atomic E-state index is -0.657. The molecule has 0 unspecified atom stereocenters. The van der Waals surface area contributed by atoms with E-state index in [0.717, 1.165) is 17.4 Å². The van der Waals surface area contributed by atoms with Crippen LogP contribution in [0.5, 0.6) is 0 Å². The topological polar surface area (TPSA) is 110 Å². The van der Waals surface area contributed by atoms with E-state index in [4.69, 9.17) is 11.6 Å². The number of allylic oxidation sites excluding steroid dienone is 2. The fourth-order valence-corrected chi connectivity index (χ4v) is 4.38.